The number of phenols is 1. The van der Waals surface area contributed by atoms with Crippen molar-refractivity contribution in [1.82, 2.24) is 5.32 Å². The maximum atomic E-state index is 11.7. The van der Waals surface area contributed by atoms with Gasteiger partial charge in [-0.1, -0.05) is 42.5 Å². The molecule has 0 unspecified atom stereocenters. The van der Waals surface area contributed by atoms with Crippen molar-refractivity contribution in [1.29, 1.82) is 0 Å². The van der Waals surface area contributed by atoms with Gasteiger partial charge in [0, 0.05) is 0 Å². The summed E-state index contributed by atoms with van der Waals surface area (Å²) >= 11 is 0. The number of hydrogen-bond acceptors (Lipinski definition) is 8. The smallest absolute Gasteiger partial charge is 0.330 e. The van der Waals surface area contributed by atoms with Crippen LogP contribution in [-0.2, 0) is 32.0 Å². The van der Waals surface area contributed by atoms with Gasteiger partial charge in [-0.2, -0.15) is 0 Å². The van der Waals surface area contributed by atoms with E-state index in [0.29, 0.717) is 12.8 Å². The fraction of sp³-hybridized carbons (Fsp3) is 0.348. The van der Waals surface area contributed by atoms with Gasteiger partial charge in [-0.05, 0) is 55.5 Å². The molecule has 1 heterocycles. The number of phenolic OH excluding ortho intramolecular Hbond substituents is 1. The molecule has 0 radical (unpaired) electrons. The Morgan fingerprint density at radius 2 is 1.56 bits per heavy atom. The molecule has 1 aliphatic rings. The highest BCUT2D eigenvalue weighted by atomic mass is 16.6. The van der Waals surface area contributed by atoms with Gasteiger partial charge in [0.1, 0.15) is 23.9 Å². The quantitative estimate of drug-likeness (QED) is 0.306. The van der Waals surface area contributed by atoms with Gasteiger partial charge in [0.05, 0.1) is 0 Å². The van der Waals surface area contributed by atoms with Gasteiger partial charge in [0.2, 0.25) is 0 Å². The molecule has 9 heteroatoms. The van der Waals surface area contributed by atoms with Crippen LogP contribution in [-0.4, -0.2) is 52.8 Å². The van der Waals surface area contributed by atoms with Gasteiger partial charge in [0.25, 0.3) is 0 Å². The van der Waals surface area contributed by atoms with E-state index in [1.165, 1.54) is 12.1 Å². The first-order chi connectivity index (χ1) is 15.3. The van der Waals surface area contributed by atoms with Crippen LogP contribution in [0.15, 0.2) is 54.6 Å². The second kappa shape index (κ2) is 12.6. The molecule has 172 valence electrons. The number of aromatic hydroxyl groups is 1. The van der Waals surface area contributed by atoms with Crippen LogP contribution in [0, 0.1) is 0 Å². The fourth-order valence-corrected chi connectivity index (χ4v) is 3.06. The summed E-state index contributed by atoms with van der Waals surface area (Å²) in [6.45, 7) is 0.782. The lowest BCUT2D eigenvalue weighted by Crippen LogP contribution is -2.40. The number of ether oxygens (including phenoxy) is 1. The van der Waals surface area contributed by atoms with E-state index >= 15 is 0 Å². The normalized spacial score (nSPS) is 16.9. The van der Waals surface area contributed by atoms with Crippen LogP contribution in [0.5, 0.6) is 5.75 Å². The molecule has 3 atom stereocenters. The lowest BCUT2D eigenvalue weighted by molar-refractivity contribution is -0.161. The van der Waals surface area contributed by atoms with Crippen molar-refractivity contribution in [3.63, 3.8) is 0 Å². The van der Waals surface area contributed by atoms with E-state index in [9.17, 15) is 14.4 Å². The molecule has 0 aliphatic carbocycles. The molecular formula is C23H29N3O6. The minimum absolute atomic E-state index is 0.160. The number of esters is 2. The Morgan fingerprint density at radius 3 is 2.12 bits per heavy atom. The summed E-state index contributed by atoms with van der Waals surface area (Å²) in [6.07, 6.45) is 2.27. The molecule has 0 saturated carbocycles. The van der Waals surface area contributed by atoms with Gasteiger partial charge in [0.15, 0.2) is 0 Å². The van der Waals surface area contributed by atoms with Gasteiger partial charge in [-0.25, -0.2) is 9.59 Å². The molecule has 0 amide bonds. The summed E-state index contributed by atoms with van der Waals surface area (Å²) in [5.41, 5.74) is 12.8. The van der Waals surface area contributed by atoms with E-state index in [4.69, 9.17) is 26.4 Å². The second-order valence-electron chi connectivity index (χ2n) is 7.50. The number of benzene rings is 2. The minimum atomic E-state index is -1.02. The summed E-state index contributed by atoms with van der Waals surface area (Å²) < 4.78 is 4.80. The lowest BCUT2D eigenvalue weighted by Gasteiger charge is -2.13. The van der Waals surface area contributed by atoms with Gasteiger partial charge < -0.3 is 31.7 Å². The summed E-state index contributed by atoms with van der Waals surface area (Å²) in [5, 5.41) is 20.5. The summed E-state index contributed by atoms with van der Waals surface area (Å²) in [5.74, 6) is -2.05. The Morgan fingerprint density at radius 1 is 0.969 bits per heavy atom. The summed E-state index contributed by atoms with van der Waals surface area (Å²) in [6, 6.07) is 13.7. The Kier molecular flexibility index (Phi) is 9.80. The maximum absolute atomic E-state index is 11.7. The Hall–Kier alpha value is -3.27. The van der Waals surface area contributed by atoms with Crippen LogP contribution < -0.4 is 16.8 Å². The monoisotopic (exact) mass is 443 g/mol. The van der Waals surface area contributed by atoms with Crippen LogP contribution in [0.3, 0.4) is 0 Å². The fourth-order valence-electron chi connectivity index (χ4n) is 3.06. The van der Waals surface area contributed by atoms with Crippen molar-refractivity contribution >= 4 is 17.9 Å². The van der Waals surface area contributed by atoms with Crippen molar-refractivity contribution in [3.05, 3.63) is 65.7 Å². The van der Waals surface area contributed by atoms with Crippen LogP contribution in [0.2, 0.25) is 0 Å². The third-order valence-corrected chi connectivity index (χ3v) is 4.86. The molecule has 1 saturated heterocycles. The predicted molar refractivity (Wildman–Crippen MR) is 118 cm³/mol. The molecule has 3 rings (SSSR count). The molecule has 2 aromatic carbocycles. The van der Waals surface area contributed by atoms with E-state index < -0.39 is 30.0 Å². The second-order valence-corrected chi connectivity index (χ2v) is 7.50. The summed E-state index contributed by atoms with van der Waals surface area (Å²) in [4.78, 5) is 33.8. The van der Waals surface area contributed by atoms with Crippen LogP contribution in [0.4, 0.5) is 0 Å². The molecular weight excluding hydrogens is 414 g/mol. The Labute approximate surface area is 186 Å². The van der Waals surface area contributed by atoms with E-state index in [0.717, 1.165) is 24.1 Å². The molecule has 2 aromatic rings. The molecule has 1 fully saturated rings. The van der Waals surface area contributed by atoms with Crippen molar-refractivity contribution < 1.29 is 29.3 Å². The number of rotatable bonds is 7. The first-order valence-corrected chi connectivity index (χ1v) is 10.3. The SMILES string of the molecule is N[C@@H](Cc1ccc(O)cc1)C(=O)O.N[C@@H](Cc1ccccc1)C(=O)OC(=O)[C@@H]1CCCN1. The standard InChI is InChI=1S/C14H18N2O3.C9H11NO3/c15-11(9-10-5-2-1-3-6-10)13(17)19-14(18)12-7-4-8-16-12;10-8(9(12)13)5-6-1-3-7(11)4-2-6/h1-3,5-6,11-12,16H,4,7-9,15H2;1-4,8,11H,5,10H2,(H,12,13)/t11-,12-;8-/m00/s1. The van der Waals surface area contributed by atoms with Crippen molar-refractivity contribution in [2.45, 2.75) is 43.8 Å². The first kappa shape index (κ1) is 25.0. The third kappa shape index (κ3) is 8.46. The number of hydrogen-bond donors (Lipinski definition) is 5. The number of carboxylic acid groups (broad SMARTS) is 1. The molecule has 32 heavy (non-hydrogen) atoms. The number of nitrogens with two attached hydrogens (primary N) is 2. The number of nitrogens with one attached hydrogen (secondary N) is 1. The van der Waals surface area contributed by atoms with Gasteiger partial charge in [-0.3, -0.25) is 4.79 Å². The molecule has 0 spiro atoms. The topological polar surface area (TPSA) is 165 Å². The van der Waals surface area contributed by atoms with Gasteiger partial charge >= 0.3 is 17.9 Å². The largest absolute Gasteiger partial charge is 0.508 e. The molecule has 0 aromatic heterocycles. The minimum Gasteiger partial charge on any atom is -0.508 e. The molecule has 7 N–H and O–H groups in total. The number of carbonyl (C=O) groups excluding carboxylic acids is 2. The highest BCUT2D eigenvalue weighted by Crippen LogP contribution is 2.11. The van der Waals surface area contributed by atoms with Crippen LogP contribution in [0.1, 0.15) is 24.0 Å². The number of carboxylic acids is 1. The van der Waals surface area contributed by atoms with Crippen molar-refractivity contribution in [2.75, 3.05) is 6.54 Å². The number of carbonyl (C=O) groups is 3. The molecule has 1 aliphatic heterocycles. The van der Waals surface area contributed by atoms with Crippen LogP contribution >= 0.6 is 0 Å². The zero-order valence-electron chi connectivity index (χ0n) is 17.6. The van der Waals surface area contributed by atoms with Crippen molar-refractivity contribution in [3.8, 4) is 5.75 Å². The predicted octanol–water partition coefficient (Wildman–Crippen LogP) is 0.725. The summed E-state index contributed by atoms with van der Waals surface area (Å²) in [7, 11) is 0. The Balaban J connectivity index is 0.000000244. The van der Waals surface area contributed by atoms with Crippen LogP contribution in [0.25, 0.3) is 0 Å². The van der Waals surface area contributed by atoms with E-state index in [1.54, 1.807) is 12.1 Å². The Bertz CT molecular complexity index is 882. The lowest BCUT2D eigenvalue weighted by atomic mass is 10.1. The first-order valence-electron chi connectivity index (χ1n) is 10.3. The molecule has 9 nitrogen and oxygen atoms in total. The zero-order chi connectivity index (χ0) is 23.5. The third-order valence-electron chi connectivity index (χ3n) is 4.86. The van der Waals surface area contributed by atoms with E-state index in [2.05, 4.69) is 5.32 Å². The maximum Gasteiger partial charge on any atom is 0.330 e. The highest BCUT2D eigenvalue weighted by Gasteiger charge is 2.27. The van der Waals surface area contributed by atoms with E-state index in [1.807, 2.05) is 30.3 Å². The van der Waals surface area contributed by atoms with Crippen molar-refractivity contribution in [2.24, 2.45) is 11.5 Å². The van der Waals surface area contributed by atoms with Gasteiger partial charge in [-0.15, -0.1) is 0 Å². The number of aliphatic carboxylic acids is 1. The highest BCUT2D eigenvalue weighted by molar-refractivity contribution is 5.91. The average Bonchev–Trinajstić information content (AvgIpc) is 3.31. The molecule has 0 bridgehead atoms. The zero-order valence-corrected chi connectivity index (χ0v) is 17.6. The van der Waals surface area contributed by atoms with E-state index in [-0.39, 0.29) is 18.2 Å². The average molecular weight is 444 g/mol.